The van der Waals surface area contributed by atoms with Crippen molar-refractivity contribution >= 4 is 5.69 Å². The molecule has 0 fully saturated rings. The van der Waals surface area contributed by atoms with E-state index < -0.39 is 0 Å². The lowest BCUT2D eigenvalue weighted by molar-refractivity contribution is 0.250. The number of aromatic nitrogens is 2. The summed E-state index contributed by atoms with van der Waals surface area (Å²) in [6.45, 7) is 0. The van der Waals surface area contributed by atoms with Crippen LogP contribution in [0, 0.1) is 22.7 Å². The largest absolute Gasteiger partial charge is 0.452 e. The Bertz CT molecular complexity index is 705. The maximum Gasteiger partial charge on any atom is 0.417 e. The highest BCUT2D eigenvalue weighted by Crippen LogP contribution is 2.21. The second-order valence-corrected chi connectivity index (χ2v) is 3.59. The van der Waals surface area contributed by atoms with Crippen molar-refractivity contribution in [2.24, 2.45) is 0 Å². The second-order valence-electron chi connectivity index (χ2n) is 3.59. The van der Waals surface area contributed by atoms with Crippen LogP contribution in [-0.4, -0.2) is 17.3 Å². The number of methoxy groups -OCH3 is 1. The van der Waals surface area contributed by atoms with Gasteiger partial charge in [0.2, 0.25) is 5.82 Å². The summed E-state index contributed by atoms with van der Waals surface area (Å²) in [6, 6.07) is 10.6. The van der Waals surface area contributed by atoms with E-state index in [0.717, 1.165) is 0 Å². The number of benzene rings is 1. The van der Waals surface area contributed by atoms with Crippen molar-refractivity contribution in [3.63, 3.8) is 0 Å². The number of nitriles is 2. The number of rotatable bonds is 4. The van der Waals surface area contributed by atoms with Crippen LogP contribution in [0.5, 0.6) is 6.08 Å². The van der Waals surface area contributed by atoms with Gasteiger partial charge in [0.1, 0.15) is 17.7 Å². The monoisotopic (exact) mass is 267 g/mol. The first-order valence-corrected chi connectivity index (χ1v) is 5.52. The number of nitrogens with one attached hydrogen (secondary N) is 1. The Morgan fingerprint density at radius 3 is 2.85 bits per heavy atom. The Hall–Kier alpha value is -3.32. The van der Waals surface area contributed by atoms with Crippen molar-refractivity contribution < 1.29 is 9.26 Å². The molecule has 1 aromatic carbocycles. The smallest absolute Gasteiger partial charge is 0.417 e. The highest BCUT2D eigenvalue weighted by molar-refractivity contribution is 5.63. The minimum absolute atomic E-state index is 0.0170. The molecule has 0 aliphatic rings. The molecule has 2 rings (SSSR count). The molecule has 0 radical (unpaired) electrons. The van der Waals surface area contributed by atoms with Crippen LogP contribution in [-0.2, 0) is 0 Å². The lowest BCUT2D eigenvalue weighted by atomic mass is 10.2. The molecule has 0 aliphatic heterocycles. The average molecular weight is 267 g/mol. The van der Waals surface area contributed by atoms with Crippen LogP contribution in [0.25, 0.3) is 11.4 Å². The normalized spacial score (nSPS) is 9.15. The number of nitrogens with zero attached hydrogens (tertiary/aromatic N) is 4. The maximum atomic E-state index is 8.64. The Labute approximate surface area is 114 Å². The molecule has 1 heterocycles. The zero-order valence-corrected chi connectivity index (χ0v) is 10.5. The molecule has 0 unspecified atom stereocenters. The first kappa shape index (κ1) is 13.1. The van der Waals surface area contributed by atoms with Gasteiger partial charge in [-0.05, 0) is 12.1 Å². The molecule has 7 nitrogen and oxygen atoms in total. The van der Waals surface area contributed by atoms with Gasteiger partial charge >= 0.3 is 6.08 Å². The van der Waals surface area contributed by atoms with Crippen molar-refractivity contribution in [3.8, 4) is 29.6 Å². The van der Waals surface area contributed by atoms with E-state index in [1.165, 1.54) is 13.3 Å². The van der Waals surface area contributed by atoms with E-state index in [2.05, 4.69) is 15.5 Å². The minimum atomic E-state index is -0.0170. The van der Waals surface area contributed by atoms with E-state index in [1.54, 1.807) is 36.4 Å². The first-order chi connectivity index (χ1) is 9.76. The third kappa shape index (κ3) is 2.92. The quantitative estimate of drug-likeness (QED) is 0.845. The summed E-state index contributed by atoms with van der Waals surface area (Å²) in [5, 5.41) is 23.9. The highest BCUT2D eigenvalue weighted by Gasteiger charge is 2.08. The van der Waals surface area contributed by atoms with Crippen molar-refractivity contribution in [3.05, 3.63) is 36.0 Å². The number of hydrogen-bond acceptors (Lipinski definition) is 7. The molecule has 0 saturated carbocycles. The Morgan fingerprint density at radius 1 is 1.40 bits per heavy atom. The van der Waals surface area contributed by atoms with Gasteiger partial charge < -0.3 is 10.1 Å². The molecule has 2 aromatic rings. The van der Waals surface area contributed by atoms with Gasteiger partial charge in [-0.3, -0.25) is 4.52 Å². The van der Waals surface area contributed by atoms with Crippen LogP contribution in [0.15, 0.2) is 40.6 Å². The van der Waals surface area contributed by atoms with Gasteiger partial charge in [0.15, 0.2) is 0 Å². The maximum absolute atomic E-state index is 8.64. The number of hydrogen-bond donors (Lipinski definition) is 1. The Kier molecular flexibility index (Phi) is 3.95. The standard InChI is InChI=1S/C13H9N5O2/c1-19-13-17-12(18-20-13)10-3-2-4-11(5-10)16-8-9(6-14)7-15/h2-5,8,16H,1H3. The lowest BCUT2D eigenvalue weighted by Gasteiger charge is -2.01. The van der Waals surface area contributed by atoms with Crippen molar-refractivity contribution in [2.75, 3.05) is 12.4 Å². The molecule has 0 spiro atoms. The van der Waals surface area contributed by atoms with Gasteiger partial charge in [-0.1, -0.05) is 17.3 Å². The van der Waals surface area contributed by atoms with Gasteiger partial charge in [-0.25, -0.2) is 0 Å². The molecule has 1 aromatic heterocycles. The van der Waals surface area contributed by atoms with Crippen LogP contribution in [0.2, 0.25) is 0 Å². The predicted octanol–water partition coefficient (Wildman–Crippen LogP) is 2.09. The molecule has 20 heavy (non-hydrogen) atoms. The van der Waals surface area contributed by atoms with Gasteiger partial charge in [-0.2, -0.15) is 15.5 Å². The zero-order chi connectivity index (χ0) is 14.4. The molecule has 1 N–H and O–H groups in total. The van der Waals surface area contributed by atoms with Crippen LogP contribution in [0.3, 0.4) is 0 Å². The number of anilines is 1. The van der Waals surface area contributed by atoms with E-state index in [9.17, 15) is 0 Å². The van der Waals surface area contributed by atoms with E-state index in [1.807, 2.05) is 0 Å². The third-order valence-electron chi connectivity index (χ3n) is 2.33. The SMILES string of the molecule is COc1nc(-c2cccc(NC=C(C#N)C#N)c2)no1. The molecule has 0 saturated heterocycles. The van der Waals surface area contributed by atoms with Crippen molar-refractivity contribution in [2.45, 2.75) is 0 Å². The van der Waals surface area contributed by atoms with Gasteiger partial charge in [0.05, 0.1) is 7.11 Å². The van der Waals surface area contributed by atoms with Crippen molar-refractivity contribution in [1.29, 1.82) is 10.5 Å². The molecule has 0 atom stereocenters. The van der Waals surface area contributed by atoms with Gasteiger partial charge in [-0.15, -0.1) is 0 Å². The highest BCUT2D eigenvalue weighted by atomic mass is 16.6. The Morgan fingerprint density at radius 2 is 2.20 bits per heavy atom. The summed E-state index contributed by atoms with van der Waals surface area (Å²) in [7, 11) is 1.44. The Balaban J connectivity index is 2.23. The van der Waals surface area contributed by atoms with E-state index >= 15 is 0 Å². The molecular weight excluding hydrogens is 258 g/mol. The summed E-state index contributed by atoms with van der Waals surface area (Å²) in [5.74, 6) is 0.385. The number of allylic oxidation sites excluding steroid dienone is 1. The van der Waals surface area contributed by atoms with Crippen LogP contribution < -0.4 is 10.1 Å². The summed E-state index contributed by atoms with van der Waals surface area (Å²) >= 11 is 0. The summed E-state index contributed by atoms with van der Waals surface area (Å²) < 4.78 is 9.66. The van der Waals surface area contributed by atoms with Crippen LogP contribution in [0.4, 0.5) is 5.69 Å². The van der Waals surface area contributed by atoms with Crippen LogP contribution in [0.1, 0.15) is 0 Å². The zero-order valence-electron chi connectivity index (χ0n) is 10.5. The number of ether oxygens (including phenoxy) is 1. The summed E-state index contributed by atoms with van der Waals surface area (Å²) in [4.78, 5) is 4.02. The topological polar surface area (TPSA) is 108 Å². The molecule has 0 bridgehead atoms. The van der Waals surface area contributed by atoms with Gasteiger partial charge in [0, 0.05) is 17.5 Å². The van der Waals surface area contributed by atoms with Crippen LogP contribution >= 0.6 is 0 Å². The molecule has 0 aliphatic carbocycles. The summed E-state index contributed by atoms with van der Waals surface area (Å²) in [5.41, 5.74) is 1.39. The fraction of sp³-hybridized carbons (Fsp3) is 0.0769. The fourth-order valence-electron chi connectivity index (χ4n) is 1.40. The third-order valence-corrected chi connectivity index (χ3v) is 2.33. The van der Waals surface area contributed by atoms with E-state index in [4.69, 9.17) is 19.8 Å². The minimum Gasteiger partial charge on any atom is -0.452 e. The van der Waals surface area contributed by atoms with Gasteiger partial charge in [0.25, 0.3) is 0 Å². The predicted molar refractivity (Wildman–Crippen MR) is 69.2 cm³/mol. The first-order valence-electron chi connectivity index (χ1n) is 5.52. The molecule has 0 amide bonds. The summed E-state index contributed by atoms with van der Waals surface area (Å²) in [6.07, 6.45) is 1.41. The lowest BCUT2D eigenvalue weighted by Crippen LogP contribution is -1.91. The second kappa shape index (κ2) is 6.03. The van der Waals surface area contributed by atoms with Crippen molar-refractivity contribution in [1.82, 2.24) is 10.1 Å². The molecule has 98 valence electrons. The molecular formula is C13H9N5O2. The fourth-order valence-corrected chi connectivity index (χ4v) is 1.40. The van der Waals surface area contributed by atoms with E-state index in [0.29, 0.717) is 17.1 Å². The molecule has 7 heteroatoms. The van der Waals surface area contributed by atoms with E-state index in [-0.39, 0.29) is 11.6 Å². The average Bonchev–Trinajstić information content (AvgIpc) is 2.97.